The van der Waals surface area contributed by atoms with Gasteiger partial charge in [0.05, 0.1) is 0 Å². The van der Waals surface area contributed by atoms with Crippen LogP contribution in [0.25, 0.3) is 0 Å². The molecule has 0 aromatic rings. The number of nitrogens with zero attached hydrogens (tertiary/aromatic N) is 3. The Kier molecular flexibility index (Phi) is 4.87. The number of carbonyl (C=O) groups excluding carboxylic acids is 1. The SMILES string of the molecule is CN(C)S(=O)(=O)N1CCN(C(=O)CCN)CC1. The summed E-state index contributed by atoms with van der Waals surface area (Å²) in [6.45, 7) is 1.89. The van der Waals surface area contributed by atoms with Crippen molar-refractivity contribution in [1.82, 2.24) is 13.5 Å². The predicted octanol–water partition coefficient (Wildman–Crippen LogP) is -1.71. The van der Waals surface area contributed by atoms with E-state index in [0.717, 1.165) is 0 Å². The second-order valence-electron chi connectivity index (χ2n) is 4.11. The summed E-state index contributed by atoms with van der Waals surface area (Å²) < 4.78 is 26.2. The van der Waals surface area contributed by atoms with Crippen LogP contribution in [-0.4, -0.2) is 74.7 Å². The van der Waals surface area contributed by atoms with Gasteiger partial charge in [-0.1, -0.05) is 0 Å². The lowest BCUT2D eigenvalue weighted by atomic mass is 10.3. The Morgan fingerprint density at radius 1 is 1.24 bits per heavy atom. The van der Waals surface area contributed by atoms with E-state index in [1.807, 2.05) is 0 Å². The van der Waals surface area contributed by atoms with E-state index >= 15 is 0 Å². The zero-order valence-electron chi connectivity index (χ0n) is 10.3. The zero-order chi connectivity index (χ0) is 13.1. The highest BCUT2D eigenvalue weighted by molar-refractivity contribution is 7.86. The number of carbonyl (C=O) groups is 1. The Bertz CT molecular complexity index is 360. The van der Waals surface area contributed by atoms with Gasteiger partial charge in [0.2, 0.25) is 5.91 Å². The van der Waals surface area contributed by atoms with Crippen molar-refractivity contribution in [2.24, 2.45) is 5.73 Å². The maximum absolute atomic E-state index is 11.8. The summed E-state index contributed by atoms with van der Waals surface area (Å²) in [4.78, 5) is 13.2. The van der Waals surface area contributed by atoms with Crippen LogP contribution in [0.2, 0.25) is 0 Å². The van der Waals surface area contributed by atoms with E-state index in [-0.39, 0.29) is 5.91 Å². The van der Waals surface area contributed by atoms with Crippen molar-refractivity contribution < 1.29 is 13.2 Å². The molecule has 100 valence electrons. The number of rotatable bonds is 4. The number of piperazine rings is 1. The van der Waals surface area contributed by atoms with Crippen molar-refractivity contribution in [2.75, 3.05) is 46.8 Å². The molecule has 1 rings (SSSR count). The van der Waals surface area contributed by atoms with E-state index in [1.165, 1.54) is 22.7 Å². The topological polar surface area (TPSA) is 87.0 Å². The van der Waals surface area contributed by atoms with Crippen LogP contribution in [0.3, 0.4) is 0 Å². The second kappa shape index (κ2) is 5.76. The third kappa shape index (κ3) is 3.38. The van der Waals surface area contributed by atoms with Crippen LogP contribution in [0.1, 0.15) is 6.42 Å². The molecule has 0 spiro atoms. The minimum atomic E-state index is -3.36. The fourth-order valence-corrected chi connectivity index (χ4v) is 2.77. The van der Waals surface area contributed by atoms with Gasteiger partial charge >= 0.3 is 0 Å². The summed E-state index contributed by atoms with van der Waals surface area (Å²) in [5, 5.41) is 0. The van der Waals surface area contributed by atoms with Crippen LogP contribution in [0.4, 0.5) is 0 Å². The first-order chi connectivity index (χ1) is 7.89. The lowest BCUT2D eigenvalue weighted by molar-refractivity contribution is -0.132. The molecule has 1 amide bonds. The minimum absolute atomic E-state index is 0.00518. The molecule has 7 nitrogen and oxygen atoms in total. The summed E-state index contributed by atoms with van der Waals surface area (Å²) in [6.07, 6.45) is 0.320. The van der Waals surface area contributed by atoms with Gasteiger partial charge in [0.15, 0.2) is 0 Å². The standard InChI is InChI=1S/C9H20N4O3S/c1-11(2)17(15,16)13-7-5-12(6-8-13)9(14)3-4-10/h3-8,10H2,1-2H3. The van der Waals surface area contributed by atoms with Crippen LogP contribution in [0, 0.1) is 0 Å². The van der Waals surface area contributed by atoms with Crippen molar-refractivity contribution in [1.29, 1.82) is 0 Å². The maximum Gasteiger partial charge on any atom is 0.281 e. The van der Waals surface area contributed by atoms with Crippen LogP contribution in [-0.2, 0) is 15.0 Å². The molecule has 1 aliphatic heterocycles. The number of hydrogen-bond acceptors (Lipinski definition) is 4. The molecular weight excluding hydrogens is 244 g/mol. The Morgan fingerprint density at radius 2 is 1.76 bits per heavy atom. The molecule has 0 saturated carbocycles. The fourth-order valence-electron chi connectivity index (χ4n) is 1.68. The van der Waals surface area contributed by atoms with E-state index in [2.05, 4.69) is 0 Å². The van der Waals surface area contributed by atoms with Gasteiger partial charge in [-0.25, -0.2) is 0 Å². The van der Waals surface area contributed by atoms with Crippen LogP contribution in [0.5, 0.6) is 0 Å². The Morgan fingerprint density at radius 3 is 2.18 bits per heavy atom. The average molecular weight is 264 g/mol. The molecule has 17 heavy (non-hydrogen) atoms. The highest BCUT2D eigenvalue weighted by Crippen LogP contribution is 2.10. The van der Waals surface area contributed by atoms with Gasteiger partial charge in [0.1, 0.15) is 0 Å². The minimum Gasteiger partial charge on any atom is -0.340 e. The normalized spacial score (nSPS) is 18.7. The molecule has 0 aromatic carbocycles. The molecule has 0 aromatic heterocycles. The van der Waals surface area contributed by atoms with Crippen molar-refractivity contribution in [3.05, 3.63) is 0 Å². The lowest BCUT2D eigenvalue weighted by Gasteiger charge is -2.35. The van der Waals surface area contributed by atoms with Gasteiger partial charge in [-0.3, -0.25) is 4.79 Å². The molecule has 0 unspecified atom stereocenters. The predicted molar refractivity (Wildman–Crippen MR) is 64.4 cm³/mol. The van der Waals surface area contributed by atoms with Crippen LogP contribution >= 0.6 is 0 Å². The molecule has 0 bridgehead atoms. The summed E-state index contributed by atoms with van der Waals surface area (Å²) in [5.74, 6) is -0.00518. The zero-order valence-corrected chi connectivity index (χ0v) is 11.1. The Labute approximate surface area is 102 Å². The molecule has 1 heterocycles. The molecular formula is C9H20N4O3S. The highest BCUT2D eigenvalue weighted by atomic mass is 32.2. The molecule has 1 fully saturated rings. The first-order valence-corrected chi connectivity index (χ1v) is 6.94. The lowest BCUT2D eigenvalue weighted by Crippen LogP contribution is -2.53. The summed E-state index contributed by atoms with van der Waals surface area (Å²) >= 11 is 0. The molecule has 0 radical (unpaired) electrons. The first-order valence-electron chi connectivity index (χ1n) is 5.55. The second-order valence-corrected chi connectivity index (χ2v) is 6.25. The monoisotopic (exact) mass is 264 g/mol. The van der Waals surface area contributed by atoms with Crippen molar-refractivity contribution in [2.45, 2.75) is 6.42 Å². The van der Waals surface area contributed by atoms with Gasteiger partial charge in [-0.2, -0.15) is 17.0 Å². The van der Waals surface area contributed by atoms with Crippen LogP contribution in [0.15, 0.2) is 0 Å². The summed E-state index contributed by atoms with van der Waals surface area (Å²) in [5.41, 5.74) is 5.31. The largest absolute Gasteiger partial charge is 0.340 e. The van der Waals surface area contributed by atoms with Gasteiger partial charge < -0.3 is 10.6 Å². The molecule has 0 aliphatic carbocycles. The van der Waals surface area contributed by atoms with Gasteiger partial charge in [0, 0.05) is 53.2 Å². The first kappa shape index (κ1) is 14.4. The average Bonchev–Trinajstić information content (AvgIpc) is 2.29. The van der Waals surface area contributed by atoms with Gasteiger partial charge in [-0.15, -0.1) is 0 Å². The quantitative estimate of drug-likeness (QED) is 0.655. The smallest absolute Gasteiger partial charge is 0.281 e. The molecule has 1 aliphatic rings. The molecule has 1 saturated heterocycles. The molecule has 8 heteroatoms. The highest BCUT2D eigenvalue weighted by Gasteiger charge is 2.29. The van der Waals surface area contributed by atoms with Crippen molar-refractivity contribution >= 4 is 16.1 Å². The van der Waals surface area contributed by atoms with E-state index in [1.54, 1.807) is 4.90 Å². The van der Waals surface area contributed by atoms with Crippen LogP contribution < -0.4 is 5.73 Å². The number of amides is 1. The third-order valence-corrected chi connectivity index (χ3v) is 4.68. The Balaban J connectivity index is 2.54. The summed E-state index contributed by atoms with van der Waals surface area (Å²) in [7, 11) is -0.355. The fraction of sp³-hybridized carbons (Fsp3) is 0.889. The Hall–Kier alpha value is -0.700. The van der Waals surface area contributed by atoms with Crippen molar-refractivity contribution in [3.63, 3.8) is 0 Å². The number of hydrogen-bond donors (Lipinski definition) is 1. The van der Waals surface area contributed by atoms with E-state index < -0.39 is 10.2 Å². The molecule has 2 N–H and O–H groups in total. The summed E-state index contributed by atoms with van der Waals surface area (Å²) in [6, 6.07) is 0. The number of nitrogens with two attached hydrogens (primary N) is 1. The van der Waals surface area contributed by atoms with E-state index in [0.29, 0.717) is 39.1 Å². The third-order valence-electron chi connectivity index (χ3n) is 2.74. The maximum atomic E-state index is 11.8. The van der Waals surface area contributed by atoms with E-state index in [4.69, 9.17) is 5.73 Å². The van der Waals surface area contributed by atoms with E-state index in [9.17, 15) is 13.2 Å². The van der Waals surface area contributed by atoms with Crippen molar-refractivity contribution in [3.8, 4) is 0 Å². The van der Waals surface area contributed by atoms with Gasteiger partial charge in [0.25, 0.3) is 10.2 Å². The molecule has 0 atom stereocenters. The van der Waals surface area contributed by atoms with Gasteiger partial charge in [-0.05, 0) is 0 Å².